The van der Waals surface area contributed by atoms with Gasteiger partial charge in [0.05, 0.1) is 39.3 Å². The Balaban J connectivity index is 1.57. The molecule has 0 saturated heterocycles. The number of hydrogen-bond acceptors (Lipinski definition) is 14. The van der Waals surface area contributed by atoms with Gasteiger partial charge in [-0.1, -0.05) is 52.0 Å². The van der Waals surface area contributed by atoms with Crippen LogP contribution in [0.15, 0.2) is 48.5 Å². The number of ether oxygens (including phenoxy) is 8. The van der Waals surface area contributed by atoms with Crippen LogP contribution >= 0.6 is 0 Å². The topological polar surface area (TPSA) is 166 Å². The highest BCUT2D eigenvalue weighted by Gasteiger charge is 2.18. The zero-order valence-electron chi connectivity index (χ0n) is 35.6. The number of esters is 4. The summed E-state index contributed by atoms with van der Waals surface area (Å²) in [6.45, 7) is 10.9. The number of methoxy groups -OCH3 is 2. The molecule has 0 saturated carbocycles. The molecule has 0 heterocycles. The Hall–Kier alpha value is -4.24. The summed E-state index contributed by atoms with van der Waals surface area (Å²) in [7, 11) is 3.34. The smallest absolute Gasteiger partial charge is 0.306 e. The van der Waals surface area contributed by atoms with Gasteiger partial charge in [0.25, 0.3) is 0 Å². The van der Waals surface area contributed by atoms with E-state index in [9.17, 15) is 19.2 Å². The van der Waals surface area contributed by atoms with E-state index >= 15 is 0 Å². The molecule has 0 aliphatic carbocycles. The lowest BCUT2D eigenvalue weighted by Gasteiger charge is -2.20. The number of rotatable bonds is 33. The Kier molecular flexibility index (Phi) is 26.5. The van der Waals surface area contributed by atoms with Crippen molar-refractivity contribution in [3.05, 3.63) is 59.7 Å². The Morgan fingerprint density at radius 2 is 0.879 bits per heavy atom. The molecule has 0 aliphatic heterocycles. The summed E-state index contributed by atoms with van der Waals surface area (Å²) in [4.78, 5) is 49.4. The van der Waals surface area contributed by atoms with Crippen molar-refractivity contribution in [3.8, 4) is 11.5 Å². The van der Waals surface area contributed by atoms with E-state index in [-0.39, 0.29) is 76.1 Å². The van der Waals surface area contributed by atoms with Gasteiger partial charge in [0, 0.05) is 52.2 Å². The van der Waals surface area contributed by atoms with E-state index in [0.717, 1.165) is 24.0 Å². The fourth-order valence-corrected chi connectivity index (χ4v) is 5.28. The predicted molar refractivity (Wildman–Crippen MR) is 220 cm³/mol. The molecule has 2 aromatic rings. The minimum atomic E-state index is -0.518. The normalized spacial score (nSPS) is 12.2. The van der Waals surface area contributed by atoms with Gasteiger partial charge >= 0.3 is 23.9 Å². The van der Waals surface area contributed by atoms with Crippen LogP contribution in [0.25, 0.3) is 0 Å². The number of benzene rings is 2. The minimum absolute atomic E-state index is 0.112. The third-order valence-electron chi connectivity index (χ3n) is 8.62. The van der Waals surface area contributed by atoms with Crippen LogP contribution in [0.4, 0.5) is 0 Å². The lowest BCUT2D eigenvalue weighted by Crippen LogP contribution is -2.38. The monoisotopic (exact) mass is 816 g/mol. The summed E-state index contributed by atoms with van der Waals surface area (Å²) in [5.41, 5.74) is 2.29. The standard InChI is InChI=1S/C44H68N2O12/c1-33(2)45-29-39(31-55-37-17-13-35(14-18-37)23-27-51-5)57-43(49)11-7-9-25-53-41(47)21-22-42(48)54-26-10-8-12-44(50)58-40(30-46-34(3)4)32-56-38-19-15-36(16-20-38)24-28-52-6/h13-20,33-34,39-40,45-46H,7-12,21-32H2,1-6H3. The fraction of sp³-hybridized carbons (Fsp3) is 0.636. The molecule has 0 spiro atoms. The summed E-state index contributed by atoms with van der Waals surface area (Å²) >= 11 is 0. The van der Waals surface area contributed by atoms with Crippen molar-refractivity contribution in [2.75, 3.05) is 67.0 Å². The summed E-state index contributed by atoms with van der Waals surface area (Å²) in [5, 5.41) is 6.57. The maximum atomic E-state index is 12.6. The number of carbonyl (C=O) groups excluding carboxylic acids is 4. The number of hydrogen-bond donors (Lipinski definition) is 2. The van der Waals surface area contributed by atoms with Crippen molar-refractivity contribution in [2.45, 2.75) is 116 Å². The van der Waals surface area contributed by atoms with Gasteiger partial charge in [-0.25, -0.2) is 0 Å². The first-order valence-electron chi connectivity index (χ1n) is 20.6. The first kappa shape index (κ1) is 49.9. The maximum absolute atomic E-state index is 12.6. The molecule has 2 unspecified atom stereocenters. The van der Waals surface area contributed by atoms with Crippen LogP contribution < -0.4 is 20.1 Å². The lowest BCUT2D eigenvalue weighted by molar-refractivity contribution is -0.152. The minimum Gasteiger partial charge on any atom is -0.490 e. The molecule has 14 nitrogen and oxygen atoms in total. The Labute approximate surface area is 345 Å². The van der Waals surface area contributed by atoms with Crippen molar-refractivity contribution in [2.24, 2.45) is 0 Å². The van der Waals surface area contributed by atoms with E-state index in [4.69, 9.17) is 37.9 Å². The first-order valence-corrected chi connectivity index (χ1v) is 20.6. The summed E-state index contributed by atoms with van der Waals surface area (Å²) < 4.78 is 43.9. The van der Waals surface area contributed by atoms with Crippen molar-refractivity contribution < 1.29 is 57.1 Å². The molecule has 14 heteroatoms. The molecule has 0 aliphatic rings. The van der Waals surface area contributed by atoms with E-state index in [2.05, 4.69) is 10.6 Å². The van der Waals surface area contributed by atoms with Gasteiger partial charge in [0.1, 0.15) is 36.9 Å². The van der Waals surface area contributed by atoms with Gasteiger partial charge in [-0.3, -0.25) is 19.2 Å². The Bertz CT molecular complexity index is 1310. The molecule has 0 bridgehead atoms. The van der Waals surface area contributed by atoms with Gasteiger partial charge in [-0.15, -0.1) is 0 Å². The zero-order chi connectivity index (χ0) is 42.4. The van der Waals surface area contributed by atoms with Crippen LogP contribution in [0.2, 0.25) is 0 Å². The van der Waals surface area contributed by atoms with Crippen molar-refractivity contribution in [1.29, 1.82) is 0 Å². The number of nitrogens with one attached hydrogen (secondary N) is 2. The fourth-order valence-electron chi connectivity index (χ4n) is 5.28. The van der Waals surface area contributed by atoms with Gasteiger partial charge < -0.3 is 48.5 Å². The molecular formula is C44H68N2O12. The molecule has 2 atom stereocenters. The number of carbonyl (C=O) groups is 4. The molecule has 326 valence electrons. The molecule has 2 aromatic carbocycles. The van der Waals surface area contributed by atoms with Gasteiger partial charge in [-0.05, 0) is 73.9 Å². The molecule has 0 radical (unpaired) electrons. The van der Waals surface area contributed by atoms with Crippen molar-refractivity contribution in [3.63, 3.8) is 0 Å². The second-order valence-corrected chi connectivity index (χ2v) is 14.6. The van der Waals surface area contributed by atoms with Crippen LogP contribution in [0.3, 0.4) is 0 Å². The van der Waals surface area contributed by atoms with Crippen molar-refractivity contribution in [1.82, 2.24) is 10.6 Å². The van der Waals surface area contributed by atoms with Crippen molar-refractivity contribution >= 4 is 23.9 Å². The molecule has 58 heavy (non-hydrogen) atoms. The van der Waals surface area contributed by atoms with Crippen LogP contribution in [-0.4, -0.2) is 115 Å². The molecule has 2 N–H and O–H groups in total. The van der Waals surface area contributed by atoms with E-state index in [1.54, 1.807) is 14.2 Å². The highest BCUT2D eigenvalue weighted by molar-refractivity contribution is 5.77. The quantitative estimate of drug-likeness (QED) is 0.0523. The van der Waals surface area contributed by atoms with Crippen LogP contribution in [0.1, 0.15) is 90.2 Å². The lowest BCUT2D eigenvalue weighted by atomic mass is 10.1. The maximum Gasteiger partial charge on any atom is 0.306 e. The first-order chi connectivity index (χ1) is 28.0. The highest BCUT2D eigenvalue weighted by atomic mass is 16.6. The average molecular weight is 817 g/mol. The molecule has 0 amide bonds. The molecule has 0 aromatic heterocycles. The van der Waals surface area contributed by atoms with E-state index in [0.29, 0.717) is 63.5 Å². The Morgan fingerprint density at radius 3 is 1.22 bits per heavy atom. The van der Waals surface area contributed by atoms with E-state index in [1.807, 2.05) is 76.2 Å². The average Bonchev–Trinajstić information content (AvgIpc) is 3.20. The number of unbranched alkanes of at least 4 members (excludes halogenated alkanes) is 2. The van der Waals surface area contributed by atoms with Crippen LogP contribution in [0.5, 0.6) is 11.5 Å². The zero-order valence-corrected chi connectivity index (χ0v) is 35.6. The third kappa shape index (κ3) is 25.2. The van der Waals surface area contributed by atoms with Crippen LogP contribution in [0, 0.1) is 0 Å². The second-order valence-electron chi connectivity index (χ2n) is 14.6. The summed E-state index contributed by atoms with van der Waals surface area (Å²) in [5.74, 6) is -0.369. The second kappa shape index (κ2) is 30.8. The predicted octanol–water partition coefficient (Wildman–Crippen LogP) is 5.55. The van der Waals surface area contributed by atoms with E-state index < -0.39 is 24.1 Å². The SMILES string of the molecule is COCCc1ccc(OCC(CNC(C)C)OC(=O)CCCCOC(=O)CCC(=O)OCCCCC(=O)OC(CNC(C)C)COc2ccc(CCOC)cc2)cc1. The van der Waals surface area contributed by atoms with E-state index in [1.165, 1.54) is 0 Å². The summed E-state index contributed by atoms with van der Waals surface area (Å²) in [6.07, 6.45) is 2.70. The third-order valence-corrected chi connectivity index (χ3v) is 8.62. The van der Waals surface area contributed by atoms with Gasteiger partial charge in [0.2, 0.25) is 0 Å². The highest BCUT2D eigenvalue weighted by Crippen LogP contribution is 2.15. The van der Waals surface area contributed by atoms with Gasteiger partial charge in [-0.2, -0.15) is 0 Å². The van der Waals surface area contributed by atoms with Gasteiger partial charge in [0.15, 0.2) is 0 Å². The molecule has 2 rings (SSSR count). The Morgan fingerprint density at radius 1 is 0.500 bits per heavy atom. The molecule has 0 fully saturated rings. The molecular weight excluding hydrogens is 748 g/mol. The summed E-state index contributed by atoms with van der Waals surface area (Å²) in [6, 6.07) is 15.9. The largest absolute Gasteiger partial charge is 0.490 e. The van der Waals surface area contributed by atoms with Crippen LogP contribution in [-0.2, 0) is 60.4 Å².